The van der Waals surface area contributed by atoms with Crippen molar-refractivity contribution >= 4 is 22.9 Å². The molecule has 1 aliphatic rings. The number of piperidine rings is 1. The molecule has 1 saturated heterocycles. The number of nitrogens with one attached hydrogen (secondary N) is 1. The predicted molar refractivity (Wildman–Crippen MR) is 157 cm³/mol. The number of aromatic nitrogens is 3. The number of carbonyl (C=O) groups excluding carboxylic acids is 2. The van der Waals surface area contributed by atoms with Gasteiger partial charge in [0.25, 0.3) is 5.56 Å². The molecule has 2 aromatic heterocycles. The number of rotatable bonds is 8. The van der Waals surface area contributed by atoms with Crippen LogP contribution in [-0.4, -0.2) is 55.6 Å². The maximum atomic E-state index is 12.6. The number of hydrogen-bond acceptors (Lipinski definition) is 6. The first-order valence-corrected chi connectivity index (χ1v) is 14.2. The van der Waals surface area contributed by atoms with Crippen LogP contribution in [0, 0.1) is 12.8 Å². The van der Waals surface area contributed by atoms with E-state index in [1.165, 1.54) is 0 Å². The molecule has 1 aliphatic heterocycles. The van der Waals surface area contributed by atoms with Crippen LogP contribution in [0.5, 0.6) is 0 Å². The number of esters is 1. The minimum atomic E-state index is -0.534. The summed E-state index contributed by atoms with van der Waals surface area (Å²) >= 11 is 0. The second kappa shape index (κ2) is 12.0. The Morgan fingerprint density at radius 2 is 1.98 bits per heavy atom. The summed E-state index contributed by atoms with van der Waals surface area (Å²) in [5, 5.41) is 3.34. The summed E-state index contributed by atoms with van der Waals surface area (Å²) in [6.45, 7) is 13.8. The monoisotopic (exact) mass is 549 g/mol. The summed E-state index contributed by atoms with van der Waals surface area (Å²) in [6, 6.07) is 7.71. The lowest BCUT2D eigenvalue weighted by Crippen LogP contribution is -2.40. The van der Waals surface area contributed by atoms with E-state index in [1.807, 2.05) is 51.8 Å². The summed E-state index contributed by atoms with van der Waals surface area (Å²) in [6.07, 6.45) is 4.49. The summed E-state index contributed by atoms with van der Waals surface area (Å²) in [5.74, 6) is 0.977. The molecule has 9 nitrogen and oxygen atoms in total. The zero-order chi connectivity index (χ0) is 29.2. The van der Waals surface area contributed by atoms with Crippen molar-refractivity contribution in [2.75, 3.05) is 13.1 Å². The van der Waals surface area contributed by atoms with Gasteiger partial charge in [0.15, 0.2) is 0 Å². The number of hydrogen-bond donors (Lipinski definition) is 1. The Balaban J connectivity index is 1.66. The van der Waals surface area contributed by atoms with E-state index >= 15 is 0 Å². The van der Waals surface area contributed by atoms with Crippen molar-refractivity contribution < 1.29 is 14.3 Å². The van der Waals surface area contributed by atoms with Crippen molar-refractivity contribution in [2.24, 2.45) is 13.0 Å². The lowest BCUT2D eigenvalue weighted by atomic mass is 9.97. The maximum Gasteiger partial charge on any atom is 0.323 e. The molecule has 0 aliphatic carbocycles. The summed E-state index contributed by atoms with van der Waals surface area (Å²) < 4.78 is 9.41. The molecule has 2 atom stereocenters. The number of benzene rings is 1. The summed E-state index contributed by atoms with van der Waals surface area (Å²) in [7, 11) is 1.76. The third-order valence-corrected chi connectivity index (χ3v) is 7.49. The van der Waals surface area contributed by atoms with Crippen LogP contribution in [0.4, 0.5) is 0 Å². The van der Waals surface area contributed by atoms with Crippen molar-refractivity contribution in [3.63, 3.8) is 0 Å². The summed E-state index contributed by atoms with van der Waals surface area (Å²) in [5.41, 5.74) is 3.85. The average Bonchev–Trinajstić information content (AvgIpc) is 3.24. The molecule has 1 fully saturated rings. The van der Waals surface area contributed by atoms with E-state index in [-0.39, 0.29) is 17.4 Å². The van der Waals surface area contributed by atoms with Crippen LogP contribution in [-0.2, 0) is 34.5 Å². The Labute approximate surface area is 236 Å². The molecular formula is C31H43N5O4. The van der Waals surface area contributed by atoms with Crippen LogP contribution in [0.3, 0.4) is 0 Å². The second-order valence-corrected chi connectivity index (χ2v) is 12.0. The largest absolute Gasteiger partial charge is 0.459 e. The van der Waals surface area contributed by atoms with Gasteiger partial charge >= 0.3 is 5.97 Å². The van der Waals surface area contributed by atoms with Gasteiger partial charge in [-0.25, -0.2) is 4.98 Å². The molecule has 4 rings (SSSR count). The molecule has 1 N–H and O–H groups in total. The van der Waals surface area contributed by atoms with Crippen molar-refractivity contribution in [3.05, 3.63) is 51.9 Å². The molecule has 0 unspecified atom stereocenters. The van der Waals surface area contributed by atoms with Crippen LogP contribution in [0.2, 0.25) is 0 Å². The molecule has 0 bridgehead atoms. The van der Waals surface area contributed by atoms with E-state index < -0.39 is 11.6 Å². The number of ether oxygens (including phenoxy) is 1. The van der Waals surface area contributed by atoms with Crippen molar-refractivity contribution in [2.45, 2.75) is 85.5 Å². The lowest BCUT2D eigenvalue weighted by Gasteiger charge is -2.32. The highest BCUT2D eigenvalue weighted by Gasteiger charge is 2.26. The van der Waals surface area contributed by atoms with E-state index in [1.54, 1.807) is 18.5 Å². The number of fused-ring (bicyclic) bond motifs is 1. The fourth-order valence-corrected chi connectivity index (χ4v) is 5.46. The van der Waals surface area contributed by atoms with E-state index in [4.69, 9.17) is 9.72 Å². The number of carbonyl (C=O) groups is 2. The Hall–Kier alpha value is -3.46. The first-order valence-electron chi connectivity index (χ1n) is 14.2. The van der Waals surface area contributed by atoms with Gasteiger partial charge in [0.05, 0.1) is 11.0 Å². The van der Waals surface area contributed by atoms with Gasteiger partial charge in [-0.1, -0.05) is 13.0 Å². The Kier molecular flexibility index (Phi) is 8.83. The summed E-state index contributed by atoms with van der Waals surface area (Å²) in [4.78, 5) is 44.1. The number of imidazole rings is 1. The maximum absolute atomic E-state index is 12.6. The van der Waals surface area contributed by atoms with Gasteiger partial charge in [0.1, 0.15) is 17.5 Å². The fraction of sp³-hybridized carbons (Fsp3) is 0.548. The molecule has 3 aromatic rings. The van der Waals surface area contributed by atoms with Crippen LogP contribution < -0.4 is 10.9 Å². The zero-order valence-electron chi connectivity index (χ0n) is 24.9. The Bertz CT molecular complexity index is 1420. The van der Waals surface area contributed by atoms with Gasteiger partial charge in [0, 0.05) is 57.5 Å². The van der Waals surface area contributed by atoms with Gasteiger partial charge in [0.2, 0.25) is 5.91 Å². The van der Waals surface area contributed by atoms with Gasteiger partial charge in [-0.3, -0.25) is 14.4 Å². The van der Waals surface area contributed by atoms with Crippen molar-refractivity contribution in [1.82, 2.24) is 24.3 Å². The van der Waals surface area contributed by atoms with Crippen LogP contribution in [0.25, 0.3) is 22.4 Å². The van der Waals surface area contributed by atoms with Crippen LogP contribution in [0.1, 0.15) is 65.0 Å². The number of nitrogens with zero attached hydrogens (tertiary/aromatic N) is 4. The highest BCUT2D eigenvalue weighted by molar-refractivity contribution is 5.81. The molecule has 0 spiro atoms. The molecule has 0 saturated carbocycles. The molecule has 9 heteroatoms. The number of likely N-dealkylation sites (tertiary alicyclic amines) is 1. The van der Waals surface area contributed by atoms with Crippen LogP contribution in [0.15, 0.2) is 35.3 Å². The van der Waals surface area contributed by atoms with Gasteiger partial charge in [-0.05, 0) is 76.6 Å². The second-order valence-electron chi connectivity index (χ2n) is 12.0. The topological polar surface area (TPSA) is 98.5 Å². The van der Waals surface area contributed by atoms with Gasteiger partial charge in [-0.15, -0.1) is 0 Å². The predicted octanol–water partition coefficient (Wildman–Crippen LogP) is 4.18. The van der Waals surface area contributed by atoms with Crippen molar-refractivity contribution in [3.8, 4) is 11.4 Å². The number of amides is 1. The molecule has 1 aromatic carbocycles. The third kappa shape index (κ3) is 6.81. The third-order valence-electron chi connectivity index (χ3n) is 7.49. The molecule has 1 amide bonds. The van der Waals surface area contributed by atoms with E-state index in [0.717, 1.165) is 60.5 Å². The number of aryl methyl sites for hydroxylation is 2. The Morgan fingerprint density at radius 3 is 2.62 bits per heavy atom. The molecule has 3 heterocycles. The molecule has 0 radical (unpaired) electrons. The van der Waals surface area contributed by atoms with E-state index in [0.29, 0.717) is 24.4 Å². The fourth-order valence-electron chi connectivity index (χ4n) is 5.46. The quantitative estimate of drug-likeness (QED) is 0.424. The highest BCUT2D eigenvalue weighted by atomic mass is 16.6. The minimum absolute atomic E-state index is 0.0281. The lowest BCUT2D eigenvalue weighted by molar-refractivity contribution is -0.157. The minimum Gasteiger partial charge on any atom is -0.459 e. The van der Waals surface area contributed by atoms with Crippen LogP contribution >= 0.6 is 0 Å². The van der Waals surface area contributed by atoms with E-state index in [2.05, 4.69) is 28.1 Å². The first-order chi connectivity index (χ1) is 18.9. The normalized spacial score (nSPS) is 16.8. The molecule has 40 heavy (non-hydrogen) atoms. The smallest absolute Gasteiger partial charge is 0.323 e. The standard InChI is InChI=1S/C31H43N5O4/c1-8-25(30(39)40-31(4,5)6)32-16-22-11-12-27-26(15-22)33-28(24-14-20(2)29(38)34(7)19-24)36(27)18-23-10-9-13-35(17-23)21(3)37/h11-12,14-15,19,23,25,32H,8-10,13,16-18H2,1-7H3/t23-,25+/m1/s1. The molecule has 216 valence electrons. The average molecular weight is 550 g/mol. The Morgan fingerprint density at radius 1 is 1.23 bits per heavy atom. The number of pyridine rings is 1. The molecular weight excluding hydrogens is 506 g/mol. The first kappa shape index (κ1) is 29.5. The van der Waals surface area contributed by atoms with E-state index in [9.17, 15) is 14.4 Å². The highest BCUT2D eigenvalue weighted by Crippen LogP contribution is 2.29. The van der Waals surface area contributed by atoms with Gasteiger partial charge < -0.3 is 24.1 Å². The van der Waals surface area contributed by atoms with Gasteiger partial charge in [-0.2, -0.15) is 0 Å². The SMILES string of the molecule is CC[C@H](NCc1ccc2c(c1)nc(-c1cc(C)c(=O)n(C)c1)n2C[C@@H]1CCCN(C(C)=O)C1)C(=O)OC(C)(C)C. The van der Waals surface area contributed by atoms with Crippen molar-refractivity contribution in [1.29, 1.82) is 0 Å². The zero-order valence-corrected chi connectivity index (χ0v) is 24.9.